The van der Waals surface area contributed by atoms with Crippen LogP contribution in [0.25, 0.3) is 5.69 Å². The van der Waals surface area contributed by atoms with Gasteiger partial charge >= 0.3 is 6.03 Å². The van der Waals surface area contributed by atoms with Crippen LogP contribution in [0.5, 0.6) is 0 Å². The van der Waals surface area contributed by atoms with E-state index >= 15 is 0 Å². The number of piperazine rings is 1. The maximum Gasteiger partial charge on any atom is 0.317 e. The van der Waals surface area contributed by atoms with E-state index < -0.39 is 0 Å². The Morgan fingerprint density at radius 1 is 1.17 bits per heavy atom. The molecule has 0 bridgehead atoms. The van der Waals surface area contributed by atoms with Gasteiger partial charge in [0, 0.05) is 32.4 Å². The third-order valence-corrected chi connectivity index (χ3v) is 5.19. The summed E-state index contributed by atoms with van der Waals surface area (Å²) < 4.78 is 1.69. The Morgan fingerprint density at radius 2 is 1.93 bits per heavy atom. The highest BCUT2D eigenvalue weighted by Gasteiger charge is 2.24. The molecular weight excluding hydrogens is 380 g/mol. The first-order valence-electron chi connectivity index (χ1n) is 9.76. The van der Waals surface area contributed by atoms with E-state index in [2.05, 4.69) is 31.4 Å². The van der Waals surface area contributed by atoms with Crippen molar-refractivity contribution < 1.29 is 4.79 Å². The first-order valence-corrected chi connectivity index (χ1v) is 9.76. The summed E-state index contributed by atoms with van der Waals surface area (Å²) in [5.41, 5.74) is 2.48. The molecule has 1 aliphatic heterocycles. The first-order chi connectivity index (χ1) is 14.7. The van der Waals surface area contributed by atoms with Crippen LogP contribution >= 0.6 is 0 Å². The fourth-order valence-corrected chi connectivity index (χ4v) is 3.47. The van der Waals surface area contributed by atoms with Gasteiger partial charge < -0.3 is 15.1 Å². The van der Waals surface area contributed by atoms with Gasteiger partial charge in [-0.3, -0.25) is 0 Å². The van der Waals surface area contributed by atoms with Gasteiger partial charge in [-0.25, -0.2) is 19.4 Å². The van der Waals surface area contributed by atoms with Gasteiger partial charge in [0.15, 0.2) is 0 Å². The number of anilines is 1. The largest absolute Gasteiger partial charge is 0.352 e. The van der Waals surface area contributed by atoms with Crippen molar-refractivity contribution in [1.29, 1.82) is 5.26 Å². The van der Waals surface area contributed by atoms with Gasteiger partial charge in [-0.05, 0) is 36.8 Å². The van der Waals surface area contributed by atoms with Crippen molar-refractivity contribution >= 4 is 11.8 Å². The molecule has 4 rings (SSSR count). The zero-order valence-electron chi connectivity index (χ0n) is 16.6. The molecule has 0 aliphatic carbocycles. The van der Waals surface area contributed by atoms with Crippen molar-refractivity contribution in [2.75, 3.05) is 31.1 Å². The summed E-state index contributed by atoms with van der Waals surface area (Å²) in [4.78, 5) is 24.8. The first kappa shape index (κ1) is 19.4. The van der Waals surface area contributed by atoms with Crippen molar-refractivity contribution in [3.05, 3.63) is 66.4 Å². The molecule has 9 heteroatoms. The molecule has 152 valence electrons. The highest BCUT2D eigenvalue weighted by atomic mass is 16.2. The van der Waals surface area contributed by atoms with Crippen LogP contribution in [0.15, 0.2) is 55.2 Å². The Labute approximate surface area is 174 Å². The fraction of sp³-hybridized carbons (Fsp3) is 0.286. The van der Waals surface area contributed by atoms with Crippen LogP contribution in [-0.4, -0.2) is 56.9 Å². The summed E-state index contributed by atoms with van der Waals surface area (Å²) in [5, 5.41) is 16.4. The number of rotatable bonds is 4. The molecule has 1 saturated heterocycles. The van der Waals surface area contributed by atoms with Crippen molar-refractivity contribution in [3.63, 3.8) is 0 Å². The lowest BCUT2D eigenvalue weighted by atomic mass is 10.1. The molecule has 1 fully saturated rings. The predicted molar refractivity (Wildman–Crippen MR) is 111 cm³/mol. The SMILES string of the molecule is CC(NC(=O)N1CCN(c2ncccc2C#N)CC1)c1ccc(-n2cncn2)cc1. The van der Waals surface area contributed by atoms with E-state index in [1.165, 1.54) is 6.33 Å². The number of urea groups is 1. The molecule has 1 N–H and O–H groups in total. The summed E-state index contributed by atoms with van der Waals surface area (Å²) >= 11 is 0. The second kappa shape index (κ2) is 8.61. The van der Waals surface area contributed by atoms with Gasteiger partial charge in [-0.1, -0.05) is 12.1 Å². The molecule has 0 saturated carbocycles. The Balaban J connectivity index is 1.33. The maximum absolute atomic E-state index is 12.7. The predicted octanol–water partition coefficient (Wildman–Crippen LogP) is 2.13. The fourth-order valence-electron chi connectivity index (χ4n) is 3.47. The average Bonchev–Trinajstić information content (AvgIpc) is 3.34. The highest BCUT2D eigenvalue weighted by Crippen LogP contribution is 2.19. The second-order valence-electron chi connectivity index (χ2n) is 7.06. The number of hydrogen-bond acceptors (Lipinski definition) is 6. The van der Waals surface area contributed by atoms with E-state index in [9.17, 15) is 10.1 Å². The zero-order chi connectivity index (χ0) is 20.9. The third kappa shape index (κ3) is 4.07. The van der Waals surface area contributed by atoms with Gasteiger partial charge in [0.2, 0.25) is 0 Å². The number of nitrogens with zero attached hydrogens (tertiary/aromatic N) is 7. The van der Waals surface area contributed by atoms with Crippen LogP contribution < -0.4 is 10.2 Å². The molecule has 1 aromatic carbocycles. The number of hydrogen-bond donors (Lipinski definition) is 1. The van der Waals surface area contributed by atoms with E-state index in [-0.39, 0.29) is 12.1 Å². The van der Waals surface area contributed by atoms with Crippen molar-refractivity contribution in [2.45, 2.75) is 13.0 Å². The van der Waals surface area contributed by atoms with Gasteiger partial charge in [0.05, 0.1) is 17.3 Å². The zero-order valence-corrected chi connectivity index (χ0v) is 16.6. The topological polar surface area (TPSA) is 103 Å². The summed E-state index contributed by atoms with van der Waals surface area (Å²) in [7, 11) is 0. The lowest BCUT2D eigenvalue weighted by molar-refractivity contribution is 0.191. The van der Waals surface area contributed by atoms with Crippen molar-refractivity contribution in [1.82, 2.24) is 30.0 Å². The van der Waals surface area contributed by atoms with Gasteiger partial charge in [0.25, 0.3) is 0 Å². The third-order valence-electron chi connectivity index (χ3n) is 5.19. The molecular formula is C21H22N8O. The molecule has 0 radical (unpaired) electrons. The number of nitrogens with one attached hydrogen (secondary N) is 1. The van der Waals surface area contributed by atoms with Crippen LogP contribution in [-0.2, 0) is 0 Å². The minimum atomic E-state index is -0.124. The molecule has 1 atom stereocenters. The van der Waals surface area contributed by atoms with Crippen molar-refractivity contribution in [3.8, 4) is 11.8 Å². The Bertz CT molecular complexity index is 1030. The lowest BCUT2D eigenvalue weighted by Gasteiger charge is -2.36. The molecule has 1 unspecified atom stereocenters. The second-order valence-corrected chi connectivity index (χ2v) is 7.06. The smallest absolute Gasteiger partial charge is 0.317 e. The Morgan fingerprint density at radius 3 is 2.60 bits per heavy atom. The maximum atomic E-state index is 12.7. The number of pyridine rings is 1. The number of amides is 2. The molecule has 2 amide bonds. The van der Waals surface area contributed by atoms with E-state index in [0.717, 1.165) is 11.3 Å². The quantitative estimate of drug-likeness (QED) is 0.717. The van der Waals surface area contributed by atoms with Crippen LogP contribution in [0.2, 0.25) is 0 Å². The Hall–Kier alpha value is -3.93. The molecule has 0 spiro atoms. The van der Waals surface area contributed by atoms with Gasteiger partial charge in [-0.2, -0.15) is 10.4 Å². The summed E-state index contributed by atoms with van der Waals surface area (Å²) in [6.07, 6.45) is 4.82. The number of carbonyl (C=O) groups excluding carboxylic acids is 1. The molecule has 30 heavy (non-hydrogen) atoms. The summed E-state index contributed by atoms with van der Waals surface area (Å²) in [6, 6.07) is 13.3. The van der Waals surface area contributed by atoms with E-state index in [1.807, 2.05) is 31.2 Å². The number of nitriles is 1. The lowest BCUT2D eigenvalue weighted by Crippen LogP contribution is -2.52. The molecule has 3 aromatic rings. The molecule has 2 aromatic heterocycles. The van der Waals surface area contributed by atoms with Crippen LogP contribution in [0, 0.1) is 11.3 Å². The number of carbonyl (C=O) groups is 1. The number of benzene rings is 1. The monoisotopic (exact) mass is 402 g/mol. The molecule has 9 nitrogen and oxygen atoms in total. The molecule has 3 heterocycles. The van der Waals surface area contributed by atoms with Gasteiger partial charge in [0.1, 0.15) is 24.5 Å². The van der Waals surface area contributed by atoms with Gasteiger partial charge in [-0.15, -0.1) is 0 Å². The minimum Gasteiger partial charge on any atom is -0.352 e. The van der Waals surface area contributed by atoms with Crippen LogP contribution in [0.1, 0.15) is 24.1 Å². The Kier molecular flexibility index (Phi) is 5.57. The minimum absolute atomic E-state index is 0.0935. The standard InChI is InChI=1S/C21H22N8O/c1-16(17-4-6-19(7-5-17)29-15-23-14-25-29)26-21(30)28-11-9-27(10-12-28)20-18(13-22)3-2-8-24-20/h2-8,14-16H,9-12H2,1H3,(H,26,30). The van der Waals surface area contributed by atoms with Crippen LogP contribution in [0.4, 0.5) is 10.6 Å². The van der Waals surface area contributed by atoms with Crippen molar-refractivity contribution in [2.24, 2.45) is 0 Å². The summed E-state index contributed by atoms with van der Waals surface area (Å²) in [6.45, 7) is 4.39. The van der Waals surface area contributed by atoms with E-state index in [4.69, 9.17) is 0 Å². The highest BCUT2D eigenvalue weighted by molar-refractivity contribution is 5.75. The van der Waals surface area contributed by atoms with Crippen LogP contribution in [0.3, 0.4) is 0 Å². The average molecular weight is 402 g/mol. The molecule has 1 aliphatic rings. The number of aromatic nitrogens is 4. The normalized spacial score (nSPS) is 14.8. The summed E-state index contributed by atoms with van der Waals surface area (Å²) in [5.74, 6) is 0.681. The van der Waals surface area contributed by atoms with E-state index in [0.29, 0.717) is 37.6 Å². The van der Waals surface area contributed by atoms with E-state index in [1.54, 1.807) is 34.2 Å².